The summed E-state index contributed by atoms with van der Waals surface area (Å²) in [5.74, 6) is 0.525. The third-order valence-corrected chi connectivity index (χ3v) is 4.52. The molecule has 0 aliphatic heterocycles. The molecule has 0 radical (unpaired) electrons. The minimum Gasteiger partial charge on any atom is -0.323 e. The van der Waals surface area contributed by atoms with Gasteiger partial charge in [0.2, 0.25) is 5.95 Å². The van der Waals surface area contributed by atoms with Gasteiger partial charge in [-0.2, -0.15) is 0 Å². The van der Waals surface area contributed by atoms with Crippen LogP contribution in [0.3, 0.4) is 0 Å². The van der Waals surface area contributed by atoms with E-state index in [1.165, 1.54) is 11.1 Å². The zero-order chi connectivity index (χ0) is 19.2. The van der Waals surface area contributed by atoms with Crippen molar-refractivity contribution < 1.29 is 0 Å². The van der Waals surface area contributed by atoms with E-state index in [9.17, 15) is 0 Å². The molecule has 3 aromatic rings. The van der Waals surface area contributed by atoms with E-state index in [1.54, 1.807) is 18.5 Å². The summed E-state index contributed by atoms with van der Waals surface area (Å²) in [5, 5.41) is 3.72. The van der Waals surface area contributed by atoms with Crippen molar-refractivity contribution in [3.63, 3.8) is 0 Å². The van der Waals surface area contributed by atoms with Crippen LogP contribution in [0.1, 0.15) is 42.7 Å². The number of hydrogen-bond donors (Lipinski definition) is 1. The Morgan fingerprint density at radius 2 is 1.89 bits per heavy atom. The fourth-order valence-corrected chi connectivity index (χ4v) is 3.08. The summed E-state index contributed by atoms with van der Waals surface area (Å²) in [7, 11) is 0. The van der Waals surface area contributed by atoms with Crippen molar-refractivity contribution in [1.82, 2.24) is 15.0 Å². The lowest BCUT2D eigenvalue weighted by Gasteiger charge is -2.13. The molecule has 0 saturated carbocycles. The van der Waals surface area contributed by atoms with Crippen molar-refractivity contribution in [2.45, 2.75) is 33.6 Å². The Morgan fingerprint density at radius 1 is 1.11 bits per heavy atom. The van der Waals surface area contributed by atoms with E-state index in [0.717, 1.165) is 35.4 Å². The van der Waals surface area contributed by atoms with E-state index in [1.807, 2.05) is 13.1 Å². The molecule has 0 aliphatic carbocycles. The van der Waals surface area contributed by atoms with Crippen LogP contribution in [0, 0.1) is 6.92 Å². The number of hydrogen-bond acceptors (Lipinski definition) is 4. The minimum atomic E-state index is 0.525. The van der Waals surface area contributed by atoms with E-state index in [4.69, 9.17) is 11.6 Å². The topological polar surface area (TPSA) is 50.7 Å². The molecule has 1 aromatic carbocycles. The van der Waals surface area contributed by atoms with Crippen LogP contribution in [-0.4, -0.2) is 15.0 Å². The monoisotopic (exact) mass is 378 g/mol. The van der Waals surface area contributed by atoms with E-state index in [-0.39, 0.29) is 0 Å². The molecule has 0 aliphatic rings. The first-order valence-corrected chi connectivity index (χ1v) is 9.49. The lowest BCUT2D eigenvalue weighted by Crippen LogP contribution is -2.02. The minimum absolute atomic E-state index is 0.525. The van der Waals surface area contributed by atoms with Gasteiger partial charge in [0.05, 0.1) is 22.6 Å². The molecule has 3 rings (SSSR count). The number of pyridine rings is 1. The van der Waals surface area contributed by atoms with Gasteiger partial charge in [-0.15, -0.1) is 0 Å². The summed E-state index contributed by atoms with van der Waals surface area (Å²) in [6.07, 6.45) is 9.36. The van der Waals surface area contributed by atoms with E-state index in [2.05, 4.69) is 64.5 Å². The van der Waals surface area contributed by atoms with Gasteiger partial charge in [0.25, 0.3) is 0 Å². The standard InChI is InChI=1S/C22H23ClN4/c1-4-6-20(17-9-7-16(5-2)8-10-17)21-14-25-22(26-15(21)3)27-19-11-18(23)12-24-13-19/h6-14H,4-5H2,1-3H3,(H,25,26,27)/b20-6-. The predicted octanol–water partition coefficient (Wildman–Crippen LogP) is 5.98. The molecule has 0 amide bonds. The van der Waals surface area contributed by atoms with Gasteiger partial charge in [-0.3, -0.25) is 4.98 Å². The van der Waals surface area contributed by atoms with Crippen LogP contribution in [0.2, 0.25) is 5.02 Å². The first-order chi connectivity index (χ1) is 13.1. The van der Waals surface area contributed by atoms with Crippen molar-refractivity contribution in [3.05, 3.63) is 82.4 Å². The maximum absolute atomic E-state index is 5.98. The van der Waals surface area contributed by atoms with E-state index < -0.39 is 0 Å². The average Bonchev–Trinajstić information content (AvgIpc) is 2.67. The van der Waals surface area contributed by atoms with Crippen molar-refractivity contribution >= 4 is 28.8 Å². The van der Waals surface area contributed by atoms with Crippen molar-refractivity contribution in [1.29, 1.82) is 0 Å². The Morgan fingerprint density at radius 3 is 2.52 bits per heavy atom. The van der Waals surface area contributed by atoms with Gasteiger partial charge in [0.1, 0.15) is 0 Å². The van der Waals surface area contributed by atoms with E-state index >= 15 is 0 Å². The summed E-state index contributed by atoms with van der Waals surface area (Å²) >= 11 is 5.98. The molecular weight excluding hydrogens is 356 g/mol. The normalized spacial score (nSPS) is 11.5. The van der Waals surface area contributed by atoms with Gasteiger partial charge in [-0.05, 0) is 42.5 Å². The Hall–Kier alpha value is -2.72. The fourth-order valence-electron chi connectivity index (χ4n) is 2.91. The molecule has 0 saturated heterocycles. The second kappa shape index (κ2) is 8.78. The Kier molecular flexibility index (Phi) is 6.20. The number of nitrogens with zero attached hydrogens (tertiary/aromatic N) is 3. The Balaban J connectivity index is 1.91. The van der Waals surface area contributed by atoms with Crippen LogP contribution in [0.15, 0.2) is 55.0 Å². The maximum Gasteiger partial charge on any atom is 0.227 e. The molecule has 4 nitrogen and oxygen atoms in total. The van der Waals surface area contributed by atoms with Crippen LogP contribution in [0.4, 0.5) is 11.6 Å². The zero-order valence-corrected chi connectivity index (χ0v) is 16.6. The number of benzene rings is 1. The summed E-state index contributed by atoms with van der Waals surface area (Å²) in [5.41, 5.74) is 6.39. The maximum atomic E-state index is 5.98. The highest BCUT2D eigenvalue weighted by Gasteiger charge is 2.11. The van der Waals surface area contributed by atoms with Crippen molar-refractivity contribution in [2.75, 3.05) is 5.32 Å². The highest BCUT2D eigenvalue weighted by molar-refractivity contribution is 6.30. The molecule has 2 aromatic heterocycles. The van der Waals surface area contributed by atoms with Crippen LogP contribution >= 0.6 is 11.6 Å². The van der Waals surface area contributed by atoms with Crippen LogP contribution < -0.4 is 5.32 Å². The molecule has 0 atom stereocenters. The predicted molar refractivity (Wildman–Crippen MR) is 112 cm³/mol. The van der Waals surface area contributed by atoms with Crippen molar-refractivity contribution in [2.24, 2.45) is 0 Å². The van der Waals surface area contributed by atoms with Crippen LogP contribution in [0.5, 0.6) is 0 Å². The van der Waals surface area contributed by atoms with Gasteiger partial charge in [-0.25, -0.2) is 9.97 Å². The molecule has 138 valence electrons. The number of halogens is 1. The lowest BCUT2D eigenvalue weighted by molar-refractivity contribution is 1.08. The first kappa shape index (κ1) is 19.1. The van der Waals surface area contributed by atoms with Gasteiger partial charge in [0.15, 0.2) is 0 Å². The number of anilines is 2. The van der Waals surface area contributed by atoms with Crippen molar-refractivity contribution in [3.8, 4) is 0 Å². The zero-order valence-electron chi connectivity index (χ0n) is 15.8. The molecule has 0 unspecified atom stereocenters. The summed E-state index contributed by atoms with van der Waals surface area (Å²) in [6.45, 7) is 6.30. The third kappa shape index (κ3) is 4.72. The van der Waals surface area contributed by atoms with Gasteiger partial charge in [-0.1, -0.05) is 55.8 Å². The molecule has 0 fully saturated rings. The molecule has 27 heavy (non-hydrogen) atoms. The summed E-state index contributed by atoms with van der Waals surface area (Å²) in [6, 6.07) is 10.5. The Labute approximate surface area is 165 Å². The average molecular weight is 379 g/mol. The molecule has 2 heterocycles. The quantitative estimate of drug-likeness (QED) is 0.573. The SMILES string of the molecule is CC/C=C(/c1ccc(CC)cc1)c1cnc(Nc2cncc(Cl)c2)nc1C. The summed E-state index contributed by atoms with van der Waals surface area (Å²) in [4.78, 5) is 13.2. The number of aryl methyl sites for hydroxylation is 2. The van der Waals surface area contributed by atoms with Crippen LogP contribution in [-0.2, 0) is 6.42 Å². The number of aromatic nitrogens is 3. The Bertz CT molecular complexity index is 949. The first-order valence-electron chi connectivity index (χ1n) is 9.11. The van der Waals surface area contributed by atoms with Gasteiger partial charge >= 0.3 is 0 Å². The lowest BCUT2D eigenvalue weighted by atomic mass is 9.96. The van der Waals surface area contributed by atoms with Gasteiger partial charge in [0, 0.05) is 18.0 Å². The van der Waals surface area contributed by atoms with Gasteiger partial charge < -0.3 is 5.32 Å². The molecule has 5 heteroatoms. The number of allylic oxidation sites excluding steroid dienone is 1. The smallest absolute Gasteiger partial charge is 0.227 e. The number of rotatable bonds is 6. The highest BCUT2D eigenvalue weighted by atomic mass is 35.5. The molecule has 0 spiro atoms. The second-order valence-electron chi connectivity index (χ2n) is 6.29. The largest absolute Gasteiger partial charge is 0.323 e. The second-order valence-corrected chi connectivity index (χ2v) is 6.72. The molecular formula is C22H23ClN4. The fraction of sp³-hybridized carbons (Fsp3) is 0.227. The third-order valence-electron chi connectivity index (χ3n) is 4.31. The van der Waals surface area contributed by atoms with Crippen LogP contribution in [0.25, 0.3) is 5.57 Å². The summed E-state index contributed by atoms with van der Waals surface area (Å²) < 4.78 is 0. The number of nitrogens with one attached hydrogen (secondary N) is 1. The highest BCUT2D eigenvalue weighted by Crippen LogP contribution is 2.27. The molecule has 0 bridgehead atoms. The van der Waals surface area contributed by atoms with E-state index in [0.29, 0.717) is 11.0 Å². The molecule has 1 N–H and O–H groups in total.